The first-order valence-corrected chi connectivity index (χ1v) is 13.4. The summed E-state index contributed by atoms with van der Waals surface area (Å²) in [6, 6.07) is 7.64. The average molecular weight is 564 g/mol. The maximum absolute atomic E-state index is 13.5. The molecule has 0 N–H and O–H groups in total. The zero-order valence-electron chi connectivity index (χ0n) is 21.2. The van der Waals surface area contributed by atoms with Crippen LogP contribution in [0.2, 0.25) is 0 Å². The lowest BCUT2D eigenvalue weighted by Gasteiger charge is -2.50. The second-order valence-corrected chi connectivity index (χ2v) is 12.3. The number of rotatable bonds is 4. The zero-order chi connectivity index (χ0) is 27.3. The number of anilines is 1. The average Bonchev–Trinajstić information content (AvgIpc) is 3.29. The Morgan fingerprint density at radius 1 is 0.757 bits per heavy atom. The number of hydrogen-bond donors (Lipinski definition) is 0. The van der Waals surface area contributed by atoms with Crippen molar-refractivity contribution in [3.8, 4) is 0 Å². The van der Waals surface area contributed by atoms with Gasteiger partial charge in [-0.3, -0.25) is 0 Å². The molecule has 0 aliphatic carbocycles. The van der Waals surface area contributed by atoms with Crippen molar-refractivity contribution in [2.75, 3.05) is 40.4 Å². The van der Waals surface area contributed by atoms with Crippen LogP contribution in [0.15, 0.2) is 49.5 Å². The number of likely N-dealkylation sites (N-methyl/N-ethyl adjacent to an activating group) is 1. The lowest BCUT2D eigenvalue weighted by molar-refractivity contribution is -0.138. The molecule has 3 heterocycles. The van der Waals surface area contributed by atoms with Gasteiger partial charge in [-0.05, 0) is 19.9 Å². The Kier molecular flexibility index (Phi) is 7.21. The minimum absolute atomic E-state index is 0.0179. The van der Waals surface area contributed by atoms with Crippen LogP contribution in [0.3, 0.4) is 0 Å². The zero-order valence-corrected chi connectivity index (χ0v) is 23.7. The van der Waals surface area contributed by atoms with E-state index in [0.717, 1.165) is 51.4 Å². The molecular formula is C25H25NO8S3. The lowest BCUT2D eigenvalue weighted by Crippen LogP contribution is -2.49. The highest BCUT2D eigenvalue weighted by molar-refractivity contribution is 8.26. The Balaban J connectivity index is 2.14. The van der Waals surface area contributed by atoms with Gasteiger partial charge in [0.25, 0.3) is 0 Å². The summed E-state index contributed by atoms with van der Waals surface area (Å²) in [6.07, 6.45) is 0. The fourth-order valence-corrected chi connectivity index (χ4v) is 9.51. The highest BCUT2D eigenvalue weighted by atomic mass is 32.2. The predicted octanol–water partition coefficient (Wildman–Crippen LogP) is 3.71. The first-order valence-electron chi connectivity index (χ1n) is 11.0. The molecule has 1 aromatic rings. The van der Waals surface area contributed by atoms with Crippen LogP contribution in [0.25, 0.3) is 5.57 Å². The molecule has 3 aliphatic heterocycles. The maximum Gasteiger partial charge on any atom is 0.345 e. The number of benzene rings is 1. The number of hydrogen-bond acceptors (Lipinski definition) is 12. The van der Waals surface area contributed by atoms with Crippen molar-refractivity contribution < 1.29 is 38.1 Å². The van der Waals surface area contributed by atoms with Crippen LogP contribution in [0.4, 0.5) is 5.69 Å². The molecule has 196 valence electrons. The molecule has 0 aromatic heterocycles. The lowest BCUT2D eigenvalue weighted by atomic mass is 9.84. The van der Waals surface area contributed by atoms with Gasteiger partial charge in [0.15, 0.2) is 0 Å². The fraction of sp³-hybridized carbons (Fsp3) is 0.360. The van der Waals surface area contributed by atoms with Crippen LogP contribution in [-0.2, 0) is 38.1 Å². The van der Waals surface area contributed by atoms with Crippen molar-refractivity contribution in [3.63, 3.8) is 0 Å². The monoisotopic (exact) mass is 563 g/mol. The highest BCUT2D eigenvalue weighted by Crippen LogP contribution is 2.71. The third-order valence-corrected chi connectivity index (χ3v) is 11.1. The summed E-state index contributed by atoms with van der Waals surface area (Å²) < 4.78 is 18.7. The summed E-state index contributed by atoms with van der Waals surface area (Å²) in [5.74, 6) is -3.05. The van der Waals surface area contributed by atoms with Crippen molar-refractivity contribution in [1.29, 1.82) is 0 Å². The fourth-order valence-electron chi connectivity index (χ4n) is 4.41. The van der Waals surface area contributed by atoms with Gasteiger partial charge >= 0.3 is 23.9 Å². The molecule has 0 unspecified atom stereocenters. The predicted molar refractivity (Wildman–Crippen MR) is 143 cm³/mol. The second kappa shape index (κ2) is 9.80. The standard InChI is InChI=1S/C25H25NO8S3/c1-24(2)19-14(12-10-8-9-11-13(12)26(24)3)25(15(20(27)31-4)16(35-19)21(28)32-5)36-17(22(29)33-6)18(37-25)23(30)34-7/h8-11H,1-7H3. The number of nitrogens with zero attached hydrogens (tertiary/aromatic N) is 1. The first kappa shape index (κ1) is 27.2. The number of methoxy groups -OCH3 is 4. The SMILES string of the molecule is COC(=O)C1=C(C(=O)OC)SC2(S1)C(C(=O)OC)=C(C(=O)OC)SC1=C2c2ccccc2N(C)C1(C)C. The molecule has 4 rings (SSSR count). The van der Waals surface area contributed by atoms with Crippen molar-refractivity contribution in [2.24, 2.45) is 0 Å². The number of ether oxygens (including phenoxy) is 4. The van der Waals surface area contributed by atoms with Crippen molar-refractivity contribution >= 4 is 70.4 Å². The molecule has 0 saturated carbocycles. The van der Waals surface area contributed by atoms with Gasteiger partial charge in [-0.1, -0.05) is 53.5 Å². The summed E-state index contributed by atoms with van der Waals surface area (Å²) in [5, 5.41) is 0. The summed E-state index contributed by atoms with van der Waals surface area (Å²) in [5.41, 5.74) is 1.66. The smallest absolute Gasteiger partial charge is 0.345 e. The number of carbonyl (C=O) groups excluding carboxylic acids is 4. The van der Waals surface area contributed by atoms with E-state index in [1.807, 2.05) is 45.2 Å². The summed E-state index contributed by atoms with van der Waals surface area (Å²) in [4.78, 5) is 55.2. The van der Waals surface area contributed by atoms with E-state index in [1.165, 1.54) is 28.4 Å². The molecule has 3 aliphatic rings. The topological polar surface area (TPSA) is 108 Å². The van der Waals surface area contributed by atoms with E-state index in [1.54, 1.807) is 0 Å². The molecule has 12 heteroatoms. The molecule has 1 spiro atoms. The van der Waals surface area contributed by atoms with E-state index in [2.05, 4.69) is 4.90 Å². The Morgan fingerprint density at radius 3 is 1.76 bits per heavy atom. The quantitative estimate of drug-likeness (QED) is 0.394. The summed E-state index contributed by atoms with van der Waals surface area (Å²) >= 11 is 3.06. The third-order valence-electron chi connectivity index (χ3n) is 6.45. The van der Waals surface area contributed by atoms with Gasteiger partial charge in [-0.15, -0.1) is 0 Å². The van der Waals surface area contributed by atoms with Gasteiger partial charge in [0.1, 0.15) is 18.8 Å². The van der Waals surface area contributed by atoms with E-state index in [4.69, 9.17) is 18.9 Å². The minimum atomic E-state index is -1.46. The first-order chi connectivity index (χ1) is 17.5. The molecule has 0 amide bonds. The molecule has 1 aromatic carbocycles. The van der Waals surface area contributed by atoms with Gasteiger partial charge in [0.05, 0.1) is 39.6 Å². The third kappa shape index (κ3) is 3.96. The van der Waals surface area contributed by atoms with Gasteiger partial charge in [0.2, 0.25) is 0 Å². The van der Waals surface area contributed by atoms with Crippen molar-refractivity contribution in [3.05, 3.63) is 55.0 Å². The number of para-hydroxylation sites is 1. The molecule has 0 atom stereocenters. The Hall–Kier alpha value is -2.83. The molecule has 0 bridgehead atoms. The second-order valence-electron chi connectivity index (χ2n) is 8.59. The van der Waals surface area contributed by atoms with Crippen LogP contribution in [-0.4, -0.2) is 69.0 Å². The van der Waals surface area contributed by atoms with E-state index < -0.39 is 33.5 Å². The van der Waals surface area contributed by atoms with E-state index >= 15 is 0 Å². The minimum Gasteiger partial charge on any atom is -0.466 e. The van der Waals surface area contributed by atoms with Crippen molar-refractivity contribution in [2.45, 2.75) is 23.5 Å². The highest BCUT2D eigenvalue weighted by Gasteiger charge is 2.61. The largest absolute Gasteiger partial charge is 0.466 e. The maximum atomic E-state index is 13.5. The van der Waals surface area contributed by atoms with E-state index in [-0.39, 0.29) is 20.3 Å². The van der Waals surface area contributed by atoms with Gasteiger partial charge in [0, 0.05) is 28.8 Å². The van der Waals surface area contributed by atoms with E-state index in [9.17, 15) is 19.2 Å². The Morgan fingerprint density at radius 2 is 1.24 bits per heavy atom. The van der Waals surface area contributed by atoms with Gasteiger partial charge in [-0.25, -0.2) is 19.2 Å². The number of esters is 4. The van der Waals surface area contributed by atoms with Gasteiger partial charge in [-0.2, -0.15) is 0 Å². The molecular weight excluding hydrogens is 538 g/mol. The number of fused-ring (bicyclic) bond motifs is 3. The normalized spacial score (nSPS) is 19.4. The van der Waals surface area contributed by atoms with Crippen LogP contribution in [0.1, 0.15) is 19.4 Å². The summed E-state index contributed by atoms with van der Waals surface area (Å²) in [6.45, 7) is 3.99. The van der Waals surface area contributed by atoms with Crippen LogP contribution in [0.5, 0.6) is 0 Å². The van der Waals surface area contributed by atoms with Crippen LogP contribution in [0, 0.1) is 0 Å². The van der Waals surface area contributed by atoms with E-state index in [0.29, 0.717) is 5.57 Å². The molecule has 0 fully saturated rings. The number of carbonyl (C=O) groups is 4. The van der Waals surface area contributed by atoms with Gasteiger partial charge < -0.3 is 23.8 Å². The van der Waals surface area contributed by atoms with Crippen LogP contribution >= 0.6 is 35.3 Å². The molecule has 9 nitrogen and oxygen atoms in total. The summed E-state index contributed by atoms with van der Waals surface area (Å²) in [7, 11) is 6.78. The Bertz CT molecular complexity index is 1300. The number of thioether (sulfide) groups is 3. The molecule has 0 saturated heterocycles. The van der Waals surface area contributed by atoms with Crippen LogP contribution < -0.4 is 4.90 Å². The van der Waals surface area contributed by atoms with Crippen molar-refractivity contribution in [1.82, 2.24) is 0 Å². The molecule has 37 heavy (non-hydrogen) atoms. The molecule has 0 radical (unpaired) electrons. The Labute approximate surface area is 227 Å².